The number of amides is 3. The van der Waals surface area contributed by atoms with Crippen LogP contribution in [-0.2, 0) is 16.1 Å². The van der Waals surface area contributed by atoms with Crippen molar-refractivity contribution in [1.29, 1.82) is 5.26 Å². The minimum atomic E-state index is -0.715. The highest BCUT2D eigenvalue weighted by atomic mass is 16.2. The molecule has 12 nitrogen and oxygen atoms in total. The van der Waals surface area contributed by atoms with Crippen molar-refractivity contribution in [2.24, 2.45) is 11.7 Å². The highest BCUT2D eigenvalue weighted by Gasteiger charge is 2.38. The number of aromatic amines is 1. The van der Waals surface area contributed by atoms with E-state index >= 15 is 0 Å². The van der Waals surface area contributed by atoms with E-state index < -0.39 is 11.9 Å². The lowest BCUT2D eigenvalue weighted by Crippen LogP contribution is -2.44. The van der Waals surface area contributed by atoms with Gasteiger partial charge in [0.25, 0.3) is 5.91 Å². The van der Waals surface area contributed by atoms with Crippen LogP contribution < -0.4 is 11.1 Å². The van der Waals surface area contributed by atoms with Gasteiger partial charge in [-0.15, -0.1) is 0 Å². The summed E-state index contributed by atoms with van der Waals surface area (Å²) < 4.78 is 1.44. The third-order valence-corrected chi connectivity index (χ3v) is 6.76. The summed E-state index contributed by atoms with van der Waals surface area (Å²) in [5.74, 6) is -0.998. The summed E-state index contributed by atoms with van der Waals surface area (Å²) in [5, 5.41) is 24.7. The van der Waals surface area contributed by atoms with Crippen LogP contribution >= 0.6 is 0 Å². The Morgan fingerprint density at radius 2 is 2.05 bits per heavy atom. The Bertz CT molecular complexity index is 1600. The van der Waals surface area contributed by atoms with Crippen LogP contribution in [0.5, 0.6) is 0 Å². The molecule has 4 N–H and O–H groups in total. The number of likely N-dealkylation sites (tertiary alicyclic amines) is 1. The lowest BCUT2D eigenvalue weighted by atomic mass is 10.0. The zero-order chi connectivity index (χ0) is 27.0. The third kappa shape index (κ3) is 4.45. The van der Waals surface area contributed by atoms with E-state index in [-0.39, 0.29) is 30.0 Å². The molecule has 0 aliphatic carbocycles. The van der Waals surface area contributed by atoms with Gasteiger partial charge in [-0.1, -0.05) is 13.0 Å². The molecule has 38 heavy (non-hydrogen) atoms. The SMILES string of the molecule is Cc1c[nH]c(NC(=O)C2C[C@H](C)CN2C(=O)Cn2nc(C(N)=O)c3cc(-c4ccnnc4)ccc32)c1C#N. The highest BCUT2D eigenvalue weighted by molar-refractivity contribution is 6.05. The largest absolute Gasteiger partial charge is 0.364 e. The highest BCUT2D eigenvalue weighted by Crippen LogP contribution is 2.28. The van der Waals surface area contributed by atoms with Gasteiger partial charge in [0.05, 0.1) is 23.5 Å². The normalized spacial score (nSPS) is 16.9. The molecule has 1 saturated heterocycles. The fourth-order valence-corrected chi connectivity index (χ4v) is 4.88. The number of H-pyrrole nitrogens is 1. The number of fused-ring (bicyclic) bond motifs is 1. The van der Waals surface area contributed by atoms with Gasteiger partial charge >= 0.3 is 0 Å². The molecular formula is C26H25N9O3. The summed E-state index contributed by atoms with van der Waals surface area (Å²) in [6.45, 7) is 3.95. The first-order chi connectivity index (χ1) is 18.3. The van der Waals surface area contributed by atoms with Gasteiger partial charge in [0, 0.05) is 23.7 Å². The Morgan fingerprint density at radius 3 is 2.76 bits per heavy atom. The lowest BCUT2D eigenvalue weighted by Gasteiger charge is -2.24. The number of aromatic nitrogens is 5. The molecule has 0 saturated carbocycles. The molecule has 4 heterocycles. The second-order valence-electron chi connectivity index (χ2n) is 9.46. The number of anilines is 1. The minimum Gasteiger partial charge on any atom is -0.364 e. The zero-order valence-electron chi connectivity index (χ0n) is 20.8. The maximum Gasteiger partial charge on any atom is 0.269 e. The fourth-order valence-electron chi connectivity index (χ4n) is 4.88. The maximum absolute atomic E-state index is 13.5. The van der Waals surface area contributed by atoms with Gasteiger partial charge < -0.3 is 20.9 Å². The number of carbonyl (C=O) groups is 3. The van der Waals surface area contributed by atoms with Gasteiger partial charge in [-0.2, -0.15) is 20.6 Å². The molecule has 12 heteroatoms. The third-order valence-electron chi connectivity index (χ3n) is 6.76. The van der Waals surface area contributed by atoms with Gasteiger partial charge in [0.15, 0.2) is 5.69 Å². The Kier molecular flexibility index (Phi) is 6.34. The molecule has 4 aromatic rings. The summed E-state index contributed by atoms with van der Waals surface area (Å²) in [6, 6.07) is 8.54. The number of nitrogens with zero attached hydrogens (tertiary/aromatic N) is 6. The summed E-state index contributed by atoms with van der Waals surface area (Å²) >= 11 is 0. The average Bonchev–Trinajstić information content (AvgIpc) is 3.59. The van der Waals surface area contributed by atoms with Gasteiger partial charge in [-0.3, -0.25) is 19.1 Å². The summed E-state index contributed by atoms with van der Waals surface area (Å²) in [6.07, 6.45) is 5.30. The summed E-state index contributed by atoms with van der Waals surface area (Å²) in [5.41, 5.74) is 8.88. The Hall–Kier alpha value is -5.05. The van der Waals surface area contributed by atoms with Crippen LogP contribution in [0.15, 0.2) is 42.9 Å². The van der Waals surface area contributed by atoms with Gasteiger partial charge in [0.1, 0.15) is 24.5 Å². The molecule has 3 aromatic heterocycles. The number of nitrogens with two attached hydrogens (primary N) is 1. The molecule has 1 aliphatic heterocycles. The Labute approximate surface area is 217 Å². The van der Waals surface area contributed by atoms with E-state index in [2.05, 4.69) is 31.7 Å². The van der Waals surface area contributed by atoms with Crippen molar-refractivity contribution in [3.8, 4) is 17.2 Å². The van der Waals surface area contributed by atoms with Crippen molar-refractivity contribution in [2.45, 2.75) is 32.9 Å². The van der Waals surface area contributed by atoms with Crippen molar-refractivity contribution in [3.63, 3.8) is 0 Å². The van der Waals surface area contributed by atoms with E-state index in [0.29, 0.717) is 35.2 Å². The van der Waals surface area contributed by atoms with Crippen molar-refractivity contribution in [2.75, 3.05) is 11.9 Å². The molecule has 1 fully saturated rings. The minimum absolute atomic E-state index is 0.0481. The fraction of sp³-hybridized carbons (Fsp3) is 0.269. The number of hydrogen-bond acceptors (Lipinski definition) is 7. The molecule has 1 aliphatic rings. The molecule has 3 amide bonds. The standard InChI is InChI=1S/C26H25N9O3/c1-14-7-21(26(38)32-25-19(9-27)15(2)10-29-25)34(12-14)22(36)13-35-20-4-3-16(17-5-6-30-31-11-17)8-18(20)23(33-35)24(28)37/h3-6,8,10-11,14,21,29H,7,12-13H2,1-2H3,(H2,28,37)(H,32,38)/t14-,21?/m0/s1. The van der Waals surface area contributed by atoms with E-state index in [1.54, 1.807) is 43.7 Å². The van der Waals surface area contributed by atoms with Crippen molar-refractivity contribution < 1.29 is 14.4 Å². The zero-order valence-corrected chi connectivity index (χ0v) is 20.8. The molecule has 0 radical (unpaired) electrons. The van der Waals surface area contributed by atoms with Crippen LogP contribution in [-0.4, -0.2) is 60.2 Å². The maximum atomic E-state index is 13.5. The number of aryl methyl sites for hydroxylation is 1. The first kappa shape index (κ1) is 24.6. The van der Waals surface area contributed by atoms with E-state index in [1.165, 1.54) is 9.58 Å². The van der Waals surface area contributed by atoms with Crippen LogP contribution in [0.4, 0.5) is 5.82 Å². The van der Waals surface area contributed by atoms with Crippen LogP contribution in [0.3, 0.4) is 0 Å². The number of hydrogen-bond donors (Lipinski definition) is 3. The van der Waals surface area contributed by atoms with Crippen LogP contribution in [0.1, 0.15) is 35.0 Å². The average molecular weight is 512 g/mol. The smallest absolute Gasteiger partial charge is 0.269 e. The quantitative estimate of drug-likeness (QED) is 0.354. The number of rotatable bonds is 6. The van der Waals surface area contributed by atoms with Crippen LogP contribution in [0.2, 0.25) is 0 Å². The van der Waals surface area contributed by atoms with E-state index in [0.717, 1.165) is 16.7 Å². The lowest BCUT2D eigenvalue weighted by molar-refractivity contribution is -0.137. The topological polar surface area (TPSA) is 176 Å². The van der Waals surface area contributed by atoms with Crippen LogP contribution in [0.25, 0.3) is 22.0 Å². The summed E-state index contributed by atoms with van der Waals surface area (Å²) in [7, 11) is 0. The monoisotopic (exact) mass is 511 g/mol. The Balaban J connectivity index is 1.41. The first-order valence-corrected chi connectivity index (χ1v) is 12.0. The van der Waals surface area contributed by atoms with Gasteiger partial charge in [-0.25, -0.2) is 0 Å². The van der Waals surface area contributed by atoms with Crippen molar-refractivity contribution in [1.82, 2.24) is 29.9 Å². The summed E-state index contributed by atoms with van der Waals surface area (Å²) in [4.78, 5) is 43.2. The number of nitrogens with one attached hydrogen (secondary N) is 2. The van der Waals surface area contributed by atoms with Crippen LogP contribution in [0, 0.1) is 24.2 Å². The molecular weight excluding hydrogens is 486 g/mol. The number of nitriles is 1. The Morgan fingerprint density at radius 1 is 1.24 bits per heavy atom. The number of primary amides is 1. The molecule has 0 spiro atoms. The predicted octanol–water partition coefficient (Wildman–Crippen LogP) is 1.98. The number of carbonyl (C=O) groups excluding carboxylic acids is 3. The molecule has 2 atom stereocenters. The van der Waals surface area contributed by atoms with Crippen molar-refractivity contribution in [3.05, 3.63) is 59.7 Å². The molecule has 1 aromatic carbocycles. The van der Waals surface area contributed by atoms with Gasteiger partial charge in [0.2, 0.25) is 11.8 Å². The number of benzene rings is 1. The second kappa shape index (κ2) is 9.78. The van der Waals surface area contributed by atoms with Crippen molar-refractivity contribution >= 4 is 34.4 Å². The molecule has 192 valence electrons. The first-order valence-electron chi connectivity index (χ1n) is 12.0. The van der Waals surface area contributed by atoms with E-state index in [1.807, 2.05) is 13.0 Å². The van der Waals surface area contributed by atoms with Gasteiger partial charge in [-0.05, 0) is 48.6 Å². The molecule has 0 bridgehead atoms. The predicted molar refractivity (Wildman–Crippen MR) is 137 cm³/mol. The molecule has 1 unspecified atom stereocenters. The molecule has 5 rings (SSSR count). The second-order valence-corrected chi connectivity index (χ2v) is 9.46. The van der Waals surface area contributed by atoms with E-state index in [4.69, 9.17) is 5.73 Å². The van der Waals surface area contributed by atoms with E-state index in [9.17, 15) is 19.6 Å².